The number of halogens is 2. The van der Waals surface area contributed by atoms with Gasteiger partial charge in [-0.1, -0.05) is 20.3 Å². The largest absolute Gasteiger partial charge is 0.187 e. The van der Waals surface area contributed by atoms with Gasteiger partial charge in [0.15, 0.2) is 17.4 Å². The van der Waals surface area contributed by atoms with Crippen LogP contribution in [0.3, 0.4) is 0 Å². The molecule has 42 valence electrons. The highest BCUT2D eigenvalue weighted by molar-refractivity contribution is 5.85. The van der Waals surface area contributed by atoms with Gasteiger partial charge in [-0.25, -0.2) is 0 Å². The van der Waals surface area contributed by atoms with Gasteiger partial charge in [-0.05, 0) is 0 Å². The van der Waals surface area contributed by atoms with Crippen molar-refractivity contribution in [1.29, 1.82) is 0 Å². The Morgan fingerprint density at radius 3 is 1.00 bits per heavy atom. The molecule has 0 N–H and O–H groups in total. The van der Waals surface area contributed by atoms with Gasteiger partial charge in [-0.3, -0.25) is 0 Å². The van der Waals surface area contributed by atoms with Gasteiger partial charge in [-0.15, -0.1) is 24.8 Å². The molecule has 0 saturated heterocycles. The summed E-state index contributed by atoms with van der Waals surface area (Å²) in [4.78, 5) is 0. The monoisotopic (exact) mass is 146 g/mol. The third-order valence-electron chi connectivity index (χ3n) is 0. The zero-order valence-electron chi connectivity index (χ0n) is 3.52. The summed E-state index contributed by atoms with van der Waals surface area (Å²) in [7, 11) is 0. The average Bonchev–Trinajstić information content (AvgIpc) is 0.918. The SMILES string of the molecule is CCC.Cl.Cl.[AlH3]. The highest BCUT2D eigenvalue weighted by Crippen LogP contribution is 1.56. The first-order valence-electron chi connectivity index (χ1n) is 1.41. The summed E-state index contributed by atoms with van der Waals surface area (Å²) in [6.45, 7) is 4.25. The fraction of sp³-hybridized carbons (Fsp3) is 1.00. The summed E-state index contributed by atoms with van der Waals surface area (Å²) in [5, 5.41) is 0. The molecule has 0 atom stereocenters. The van der Waals surface area contributed by atoms with Crippen LogP contribution in [0.5, 0.6) is 0 Å². The van der Waals surface area contributed by atoms with E-state index >= 15 is 0 Å². The van der Waals surface area contributed by atoms with E-state index in [0.29, 0.717) is 0 Å². The third-order valence-corrected chi connectivity index (χ3v) is 0. The first kappa shape index (κ1) is 27.4. The van der Waals surface area contributed by atoms with Gasteiger partial charge >= 0.3 is 0 Å². The maximum absolute atomic E-state index is 2.12. The van der Waals surface area contributed by atoms with Crippen molar-refractivity contribution in [3.8, 4) is 0 Å². The van der Waals surface area contributed by atoms with Crippen LogP contribution in [0.2, 0.25) is 0 Å². The Kier molecular flexibility index (Phi) is 164. The molecule has 0 aliphatic carbocycles. The molecule has 6 heavy (non-hydrogen) atoms. The van der Waals surface area contributed by atoms with Crippen LogP contribution in [0.4, 0.5) is 0 Å². The van der Waals surface area contributed by atoms with Crippen LogP contribution in [0, 0.1) is 0 Å². The molecule has 0 nitrogen and oxygen atoms in total. The highest BCUT2D eigenvalue weighted by Gasteiger charge is 1.35. The van der Waals surface area contributed by atoms with Gasteiger partial charge in [0.25, 0.3) is 0 Å². The Bertz CT molecular complexity index is 8.75. The lowest BCUT2D eigenvalue weighted by molar-refractivity contribution is 1.09. The minimum atomic E-state index is 0. The van der Waals surface area contributed by atoms with Crippen LogP contribution >= 0.6 is 24.8 Å². The normalized spacial score (nSPS) is 3.00. The van der Waals surface area contributed by atoms with Crippen LogP contribution in [0.25, 0.3) is 0 Å². The molecule has 0 aromatic heterocycles. The molecular formula is C3H13AlCl2. The van der Waals surface area contributed by atoms with E-state index in [0.717, 1.165) is 0 Å². The smallest absolute Gasteiger partial charge is 0.147 e. The predicted molar refractivity (Wildman–Crippen MR) is 40.4 cm³/mol. The summed E-state index contributed by atoms with van der Waals surface area (Å²) in [6.07, 6.45) is 1.25. The zero-order valence-corrected chi connectivity index (χ0v) is 5.16. The Hall–Kier alpha value is 1.11. The van der Waals surface area contributed by atoms with Gasteiger partial charge in [-0.2, -0.15) is 0 Å². The molecule has 0 aliphatic rings. The molecule has 0 bridgehead atoms. The topological polar surface area (TPSA) is 0 Å². The van der Waals surface area contributed by atoms with E-state index in [1.165, 1.54) is 6.42 Å². The van der Waals surface area contributed by atoms with Crippen LogP contribution in [0.15, 0.2) is 0 Å². The molecule has 3 heteroatoms. The van der Waals surface area contributed by atoms with Crippen LogP contribution < -0.4 is 0 Å². The summed E-state index contributed by atoms with van der Waals surface area (Å²) in [6, 6.07) is 0. The molecule has 0 amide bonds. The molecule has 0 radical (unpaired) electrons. The van der Waals surface area contributed by atoms with Crippen molar-refractivity contribution in [3.63, 3.8) is 0 Å². The molecule has 0 aliphatic heterocycles. The molecular weight excluding hydrogens is 134 g/mol. The number of rotatable bonds is 0. The van der Waals surface area contributed by atoms with E-state index in [1.807, 2.05) is 0 Å². The minimum Gasteiger partial charge on any atom is -0.147 e. The summed E-state index contributed by atoms with van der Waals surface area (Å²) in [5.41, 5.74) is 0. The second-order valence-electron chi connectivity index (χ2n) is 0.707. The highest BCUT2D eigenvalue weighted by atomic mass is 35.5. The van der Waals surface area contributed by atoms with E-state index in [2.05, 4.69) is 13.8 Å². The lowest BCUT2D eigenvalue weighted by atomic mass is 10.6. The predicted octanol–water partition coefficient (Wildman–Crippen LogP) is 1.08. The first-order chi connectivity index (χ1) is 1.41. The van der Waals surface area contributed by atoms with Crippen molar-refractivity contribution in [2.45, 2.75) is 20.3 Å². The number of hydrogen-bond acceptors (Lipinski definition) is 0. The molecule has 0 heterocycles. The fourth-order valence-electron chi connectivity index (χ4n) is 0. The lowest BCUT2D eigenvalue weighted by Gasteiger charge is -1.48. The second-order valence-corrected chi connectivity index (χ2v) is 0.707. The van der Waals surface area contributed by atoms with Crippen LogP contribution in [0.1, 0.15) is 20.3 Å². The fourth-order valence-corrected chi connectivity index (χ4v) is 0. The molecule has 0 saturated carbocycles. The van der Waals surface area contributed by atoms with Crippen molar-refractivity contribution < 1.29 is 0 Å². The Balaban J connectivity index is -0.00000000667. The first-order valence-corrected chi connectivity index (χ1v) is 1.41. The summed E-state index contributed by atoms with van der Waals surface area (Å²) < 4.78 is 0. The minimum absolute atomic E-state index is 0. The Morgan fingerprint density at radius 1 is 1.00 bits per heavy atom. The van der Waals surface area contributed by atoms with Crippen LogP contribution in [-0.2, 0) is 0 Å². The number of hydrogen-bond donors (Lipinski definition) is 0. The molecule has 0 spiro atoms. The quantitative estimate of drug-likeness (QED) is 0.449. The maximum atomic E-state index is 2.12. The van der Waals surface area contributed by atoms with Crippen molar-refractivity contribution >= 4 is 42.2 Å². The van der Waals surface area contributed by atoms with E-state index in [9.17, 15) is 0 Å². The second kappa shape index (κ2) is 35.8. The van der Waals surface area contributed by atoms with Crippen molar-refractivity contribution in [2.24, 2.45) is 0 Å². The van der Waals surface area contributed by atoms with Gasteiger partial charge in [0.1, 0.15) is 0 Å². The van der Waals surface area contributed by atoms with Crippen molar-refractivity contribution in [1.82, 2.24) is 0 Å². The van der Waals surface area contributed by atoms with E-state index in [-0.39, 0.29) is 42.2 Å². The molecule has 0 aromatic carbocycles. The average molecular weight is 147 g/mol. The van der Waals surface area contributed by atoms with E-state index in [4.69, 9.17) is 0 Å². The standard InChI is InChI=1S/C3H8.Al.2ClH.3H/c1-3-2;;;;;;/h3H2,1-2H3;;2*1H;;;. The maximum Gasteiger partial charge on any atom is 0.187 e. The van der Waals surface area contributed by atoms with E-state index < -0.39 is 0 Å². The van der Waals surface area contributed by atoms with Gasteiger partial charge < -0.3 is 0 Å². The summed E-state index contributed by atoms with van der Waals surface area (Å²) >= 11 is 0. The zero-order chi connectivity index (χ0) is 2.71. The van der Waals surface area contributed by atoms with Crippen molar-refractivity contribution in [3.05, 3.63) is 0 Å². The third kappa shape index (κ3) is 69.9. The summed E-state index contributed by atoms with van der Waals surface area (Å²) in [5.74, 6) is 0. The molecule has 0 aromatic rings. The van der Waals surface area contributed by atoms with E-state index in [1.54, 1.807) is 0 Å². The van der Waals surface area contributed by atoms with Gasteiger partial charge in [0, 0.05) is 0 Å². The van der Waals surface area contributed by atoms with Crippen molar-refractivity contribution in [2.75, 3.05) is 0 Å². The van der Waals surface area contributed by atoms with Crippen LogP contribution in [-0.4, -0.2) is 17.4 Å². The Labute approximate surface area is 62.6 Å². The molecule has 0 fully saturated rings. The van der Waals surface area contributed by atoms with Gasteiger partial charge in [0.2, 0.25) is 0 Å². The lowest BCUT2D eigenvalue weighted by Crippen LogP contribution is -1.27. The molecule has 0 unspecified atom stereocenters. The van der Waals surface area contributed by atoms with Gasteiger partial charge in [0.05, 0.1) is 0 Å². The Morgan fingerprint density at radius 2 is 1.00 bits per heavy atom. The molecule has 0 rings (SSSR count).